The topological polar surface area (TPSA) is 93.2 Å². The molecule has 0 unspecified atom stereocenters. The van der Waals surface area contributed by atoms with Gasteiger partial charge in [-0.2, -0.15) is 0 Å². The SMILES string of the molecule is Cc1ccccc1N.NCC(=O)NC1=C(Cl)Nc2ccccc2C=C1. The van der Waals surface area contributed by atoms with Crippen LogP contribution in [0.2, 0.25) is 0 Å². The summed E-state index contributed by atoms with van der Waals surface area (Å²) in [6.45, 7) is 1.92. The second-order valence-corrected chi connectivity index (χ2v) is 5.76. The second-order valence-electron chi connectivity index (χ2n) is 5.38. The van der Waals surface area contributed by atoms with Crippen LogP contribution >= 0.6 is 11.6 Å². The minimum absolute atomic E-state index is 0.0749. The van der Waals surface area contributed by atoms with E-state index in [1.165, 1.54) is 0 Å². The molecule has 0 spiro atoms. The maximum atomic E-state index is 11.2. The van der Waals surface area contributed by atoms with Crippen LogP contribution < -0.4 is 22.1 Å². The molecule has 6 N–H and O–H groups in total. The fraction of sp³-hybridized carbons (Fsp3) is 0.105. The molecule has 5 nitrogen and oxygen atoms in total. The Balaban J connectivity index is 0.000000236. The summed E-state index contributed by atoms with van der Waals surface area (Å²) in [5.41, 5.74) is 15.2. The molecule has 25 heavy (non-hydrogen) atoms. The molecule has 1 heterocycles. The fourth-order valence-electron chi connectivity index (χ4n) is 2.07. The average Bonchev–Trinajstić information content (AvgIpc) is 2.77. The molecule has 0 radical (unpaired) electrons. The summed E-state index contributed by atoms with van der Waals surface area (Å²) in [6.07, 6.45) is 3.62. The van der Waals surface area contributed by atoms with E-state index in [1.807, 2.05) is 61.5 Å². The lowest BCUT2D eigenvalue weighted by Crippen LogP contribution is -2.30. The summed E-state index contributed by atoms with van der Waals surface area (Å²) in [5, 5.41) is 6.02. The standard InChI is InChI=1S/C12H12ClN3O.C7H9N/c13-12-10(15-11(17)7-14)6-5-8-3-1-2-4-9(8)16-12;1-6-4-2-3-5-7(6)8/h1-6,16H,7,14H2,(H,15,17);2-5H,8H2,1H3. The number of nitrogen functional groups attached to an aromatic ring is 1. The lowest BCUT2D eigenvalue weighted by atomic mass is 10.2. The molecule has 1 aliphatic rings. The third kappa shape index (κ3) is 5.38. The van der Waals surface area contributed by atoms with Gasteiger partial charge in [-0.05, 0) is 36.3 Å². The van der Waals surface area contributed by atoms with Crippen LogP contribution in [0.15, 0.2) is 65.5 Å². The molecule has 6 heteroatoms. The van der Waals surface area contributed by atoms with Crippen LogP contribution in [0, 0.1) is 6.92 Å². The Bertz CT molecular complexity index is 794. The number of hydrogen-bond donors (Lipinski definition) is 4. The third-order valence-electron chi connectivity index (χ3n) is 3.52. The van der Waals surface area contributed by atoms with E-state index in [4.69, 9.17) is 23.1 Å². The van der Waals surface area contributed by atoms with Gasteiger partial charge in [0.15, 0.2) is 0 Å². The first-order valence-corrected chi connectivity index (χ1v) is 8.14. The number of aryl methyl sites for hydroxylation is 1. The van der Waals surface area contributed by atoms with Crippen LogP contribution in [-0.2, 0) is 4.79 Å². The number of fused-ring (bicyclic) bond motifs is 1. The van der Waals surface area contributed by atoms with Crippen LogP contribution in [-0.4, -0.2) is 12.5 Å². The zero-order chi connectivity index (χ0) is 18.2. The van der Waals surface area contributed by atoms with Crippen molar-refractivity contribution in [2.24, 2.45) is 5.73 Å². The van der Waals surface area contributed by atoms with E-state index in [2.05, 4.69) is 10.6 Å². The second kappa shape index (κ2) is 8.92. The van der Waals surface area contributed by atoms with Crippen LogP contribution in [0.3, 0.4) is 0 Å². The number of benzene rings is 2. The van der Waals surface area contributed by atoms with Crippen LogP contribution in [0.4, 0.5) is 11.4 Å². The highest BCUT2D eigenvalue weighted by Gasteiger charge is 2.10. The molecule has 1 aliphatic heterocycles. The minimum Gasteiger partial charge on any atom is -0.399 e. The van der Waals surface area contributed by atoms with Crippen LogP contribution in [0.1, 0.15) is 11.1 Å². The monoisotopic (exact) mass is 356 g/mol. The smallest absolute Gasteiger partial charge is 0.238 e. The Morgan fingerprint density at radius 2 is 1.80 bits per heavy atom. The molecule has 0 bridgehead atoms. The number of carbonyl (C=O) groups is 1. The Morgan fingerprint density at radius 1 is 1.12 bits per heavy atom. The Hall–Kier alpha value is -2.76. The number of rotatable bonds is 2. The number of nitrogens with two attached hydrogens (primary N) is 2. The van der Waals surface area contributed by atoms with Crippen molar-refractivity contribution in [1.82, 2.24) is 5.32 Å². The highest BCUT2D eigenvalue weighted by atomic mass is 35.5. The minimum atomic E-state index is -0.282. The van der Waals surface area contributed by atoms with Crippen molar-refractivity contribution >= 4 is 35.0 Å². The molecule has 130 valence electrons. The molecular weight excluding hydrogens is 336 g/mol. The molecular formula is C19H21ClN4O. The average molecular weight is 357 g/mol. The van der Waals surface area contributed by atoms with E-state index in [0.29, 0.717) is 10.9 Å². The normalized spacial score (nSPS) is 12.3. The van der Waals surface area contributed by atoms with Gasteiger partial charge in [-0.25, -0.2) is 0 Å². The summed E-state index contributed by atoms with van der Waals surface area (Å²) < 4.78 is 0. The van der Waals surface area contributed by atoms with Crippen molar-refractivity contribution in [3.63, 3.8) is 0 Å². The first kappa shape index (κ1) is 18.6. The summed E-state index contributed by atoms with van der Waals surface area (Å²) in [7, 11) is 0. The highest BCUT2D eigenvalue weighted by molar-refractivity contribution is 6.31. The molecule has 0 saturated heterocycles. The van der Waals surface area contributed by atoms with Gasteiger partial charge in [0.2, 0.25) is 5.91 Å². The number of hydrogen-bond acceptors (Lipinski definition) is 4. The molecule has 2 aromatic carbocycles. The van der Waals surface area contributed by atoms with Crippen molar-refractivity contribution in [2.75, 3.05) is 17.6 Å². The van der Waals surface area contributed by atoms with Crippen molar-refractivity contribution in [3.8, 4) is 0 Å². The first-order chi connectivity index (χ1) is 12.0. The zero-order valence-electron chi connectivity index (χ0n) is 13.9. The summed E-state index contributed by atoms with van der Waals surface area (Å²) in [4.78, 5) is 11.2. The summed E-state index contributed by atoms with van der Waals surface area (Å²) >= 11 is 6.08. The fourth-order valence-corrected chi connectivity index (χ4v) is 2.28. The van der Waals surface area contributed by atoms with Crippen LogP contribution in [0.5, 0.6) is 0 Å². The molecule has 2 aromatic rings. The molecule has 0 atom stereocenters. The lowest BCUT2D eigenvalue weighted by Gasteiger charge is -2.09. The largest absolute Gasteiger partial charge is 0.399 e. The Kier molecular flexibility index (Phi) is 6.62. The quantitative estimate of drug-likeness (QED) is 0.491. The molecule has 1 amide bonds. The maximum absolute atomic E-state index is 11.2. The predicted octanol–water partition coefficient (Wildman–Crippen LogP) is 3.19. The molecule has 0 saturated carbocycles. The van der Waals surface area contributed by atoms with E-state index in [0.717, 1.165) is 22.5 Å². The van der Waals surface area contributed by atoms with Gasteiger partial charge in [-0.3, -0.25) is 4.79 Å². The number of nitrogens with one attached hydrogen (secondary N) is 2. The Labute approximate surface area is 152 Å². The zero-order valence-corrected chi connectivity index (χ0v) is 14.7. The maximum Gasteiger partial charge on any atom is 0.238 e. The number of anilines is 2. The van der Waals surface area contributed by atoms with Gasteiger partial charge in [0.25, 0.3) is 0 Å². The Morgan fingerprint density at radius 3 is 2.44 bits per heavy atom. The van der Waals surface area contributed by atoms with Crippen molar-refractivity contribution < 1.29 is 4.79 Å². The number of halogens is 1. The van der Waals surface area contributed by atoms with Gasteiger partial charge in [-0.15, -0.1) is 0 Å². The number of allylic oxidation sites excluding steroid dienone is 1. The van der Waals surface area contributed by atoms with Crippen LogP contribution in [0.25, 0.3) is 6.08 Å². The third-order valence-corrected chi connectivity index (χ3v) is 3.82. The van der Waals surface area contributed by atoms with Crippen molar-refractivity contribution in [1.29, 1.82) is 0 Å². The van der Waals surface area contributed by atoms with E-state index >= 15 is 0 Å². The lowest BCUT2D eigenvalue weighted by molar-refractivity contribution is -0.118. The van der Waals surface area contributed by atoms with Gasteiger partial charge >= 0.3 is 0 Å². The number of amides is 1. The molecule has 0 aromatic heterocycles. The first-order valence-electron chi connectivity index (χ1n) is 7.76. The van der Waals surface area contributed by atoms with Gasteiger partial charge in [0, 0.05) is 11.4 Å². The summed E-state index contributed by atoms with van der Waals surface area (Å²) in [6, 6.07) is 15.5. The van der Waals surface area contributed by atoms with Gasteiger partial charge in [0.05, 0.1) is 12.2 Å². The van der Waals surface area contributed by atoms with Gasteiger partial charge in [0.1, 0.15) is 5.16 Å². The number of carbonyl (C=O) groups excluding carboxylic acids is 1. The van der Waals surface area contributed by atoms with E-state index < -0.39 is 0 Å². The predicted molar refractivity (Wildman–Crippen MR) is 105 cm³/mol. The molecule has 0 fully saturated rings. The van der Waals surface area contributed by atoms with Gasteiger partial charge < -0.3 is 22.1 Å². The van der Waals surface area contributed by atoms with Crippen molar-refractivity contribution in [3.05, 3.63) is 76.6 Å². The molecule has 3 rings (SSSR count). The van der Waals surface area contributed by atoms with E-state index in [1.54, 1.807) is 6.08 Å². The van der Waals surface area contributed by atoms with Crippen molar-refractivity contribution in [2.45, 2.75) is 6.92 Å². The van der Waals surface area contributed by atoms with Gasteiger partial charge in [-0.1, -0.05) is 54.1 Å². The number of para-hydroxylation sites is 2. The molecule has 0 aliphatic carbocycles. The highest BCUT2D eigenvalue weighted by Crippen LogP contribution is 2.24. The van der Waals surface area contributed by atoms with E-state index in [-0.39, 0.29) is 12.5 Å². The van der Waals surface area contributed by atoms with E-state index in [9.17, 15) is 4.79 Å². The summed E-state index contributed by atoms with van der Waals surface area (Å²) in [5.74, 6) is -0.282.